The Bertz CT molecular complexity index is 1000. The van der Waals surface area contributed by atoms with E-state index in [0.29, 0.717) is 0 Å². The van der Waals surface area contributed by atoms with Crippen molar-refractivity contribution in [2.75, 3.05) is 31.2 Å². The summed E-state index contributed by atoms with van der Waals surface area (Å²) in [6.45, 7) is 4.57. The van der Waals surface area contributed by atoms with Gasteiger partial charge in [-0.15, -0.1) is 0 Å². The van der Waals surface area contributed by atoms with Gasteiger partial charge in [0.05, 0.1) is 24.0 Å². The summed E-state index contributed by atoms with van der Waals surface area (Å²) in [6, 6.07) is 13.8. The molecule has 0 radical (unpaired) electrons. The Morgan fingerprint density at radius 3 is 2.50 bits per heavy atom. The normalized spacial score (nSPS) is 13.9. The number of carbonyl (C=O) groups is 1. The number of amides is 2. The van der Waals surface area contributed by atoms with Gasteiger partial charge in [-0.3, -0.25) is 0 Å². The minimum atomic E-state index is -0.0282. The molecular weight excluding hydrogens is 352 g/mol. The first kappa shape index (κ1) is 18.2. The van der Waals surface area contributed by atoms with Gasteiger partial charge in [-0.05, 0) is 44.0 Å². The molecule has 0 spiro atoms. The minimum Gasteiger partial charge on any atom is -0.497 e. The average Bonchev–Trinajstić information content (AvgIpc) is 3.35. The molecule has 2 heterocycles. The summed E-state index contributed by atoms with van der Waals surface area (Å²) < 4.78 is 7.57. The van der Waals surface area contributed by atoms with Crippen molar-refractivity contribution < 1.29 is 9.53 Å². The highest BCUT2D eigenvalue weighted by Gasteiger charge is 2.19. The van der Waals surface area contributed by atoms with Gasteiger partial charge in [-0.2, -0.15) is 0 Å². The Labute approximate surface area is 164 Å². The van der Waals surface area contributed by atoms with Crippen molar-refractivity contribution in [3.63, 3.8) is 0 Å². The number of nitrogens with two attached hydrogens (primary N) is 1. The number of likely N-dealkylation sites (tertiary alicyclic amines) is 1. The minimum absolute atomic E-state index is 0.0282. The van der Waals surface area contributed by atoms with Crippen molar-refractivity contribution in [3.05, 3.63) is 42.5 Å². The van der Waals surface area contributed by atoms with Gasteiger partial charge in [0, 0.05) is 42.3 Å². The number of anilines is 2. The maximum atomic E-state index is 12.3. The van der Waals surface area contributed by atoms with Crippen molar-refractivity contribution in [1.29, 1.82) is 0 Å². The molecular formula is C22H26N4O2. The van der Waals surface area contributed by atoms with E-state index in [-0.39, 0.29) is 6.03 Å². The molecule has 1 fully saturated rings. The topological polar surface area (TPSA) is 72.5 Å². The number of fused-ring (bicyclic) bond motifs is 1. The highest BCUT2D eigenvalue weighted by molar-refractivity contribution is 6.01. The average molecular weight is 378 g/mol. The maximum absolute atomic E-state index is 12.3. The number of rotatable bonds is 4. The molecule has 3 aromatic rings. The highest BCUT2D eigenvalue weighted by atomic mass is 16.5. The van der Waals surface area contributed by atoms with E-state index in [9.17, 15) is 4.79 Å². The van der Waals surface area contributed by atoms with Gasteiger partial charge in [0.25, 0.3) is 0 Å². The Kier molecular flexibility index (Phi) is 4.86. The number of carbonyl (C=O) groups excluding carboxylic acids is 1. The Balaban J connectivity index is 1.66. The van der Waals surface area contributed by atoms with Gasteiger partial charge >= 0.3 is 6.03 Å². The van der Waals surface area contributed by atoms with E-state index in [0.717, 1.165) is 71.8 Å². The van der Waals surface area contributed by atoms with Crippen LogP contribution in [-0.2, 0) is 6.54 Å². The van der Waals surface area contributed by atoms with Crippen molar-refractivity contribution in [2.45, 2.75) is 26.3 Å². The van der Waals surface area contributed by atoms with Crippen LogP contribution in [0.3, 0.4) is 0 Å². The van der Waals surface area contributed by atoms with Crippen LogP contribution in [0.2, 0.25) is 0 Å². The Morgan fingerprint density at radius 1 is 1.14 bits per heavy atom. The largest absolute Gasteiger partial charge is 0.497 e. The zero-order chi connectivity index (χ0) is 19.7. The van der Waals surface area contributed by atoms with Crippen molar-refractivity contribution in [3.8, 4) is 17.0 Å². The number of nitrogen functional groups attached to an aromatic ring is 1. The number of aryl methyl sites for hydroxylation is 1. The van der Waals surface area contributed by atoms with Gasteiger partial charge in [-0.25, -0.2) is 4.79 Å². The molecule has 1 aliphatic rings. The molecule has 146 valence electrons. The number of nitrogens with zero attached hydrogens (tertiary/aromatic N) is 2. The molecule has 28 heavy (non-hydrogen) atoms. The van der Waals surface area contributed by atoms with Crippen molar-refractivity contribution >= 4 is 28.3 Å². The smallest absolute Gasteiger partial charge is 0.321 e. The summed E-state index contributed by atoms with van der Waals surface area (Å²) in [5, 5.41) is 4.00. The number of hydrogen-bond acceptors (Lipinski definition) is 3. The molecule has 0 saturated carbocycles. The molecule has 4 rings (SSSR count). The summed E-state index contributed by atoms with van der Waals surface area (Å²) in [5.74, 6) is 0.811. The van der Waals surface area contributed by atoms with Gasteiger partial charge in [0.15, 0.2) is 0 Å². The van der Waals surface area contributed by atoms with E-state index in [1.807, 2.05) is 47.4 Å². The third-order valence-electron chi connectivity index (χ3n) is 5.43. The van der Waals surface area contributed by atoms with Gasteiger partial charge in [-0.1, -0.05) is 12.1 Å². The van der Waals surface area contributed by atoms with E-state index < -0.39 is 0 Å². The van der Waals surface area contributed by atoms with E-state index in [4.69, 9.17) is 10.5 Å². The molecule has 0 unspecified atom stereocenters. The molecule has 6 nitrogen and oxygen atoms in total. The number of urea groups is 1. The van der Waals surface area contributed by atoms with Crippen LogP contribution in [0.15, 0.2) is 42.5 Å². The van der Waals surface area contributed by atoms with E-state index in [1.165, 1.54) is 0 Å². The van der Waals surface area contributed by atoms with E-state index >= 15 is 0 Å². The van der Waals surface area contributed by atoms with Crippen LogP contribution in [0, 0.1) is 0 Å². The van der Waals surface area contributed by atoms with Crippen LogP contribution < -0.4 is 15.8 Å². The lowest BCUT2D eigenvalue weighted by Crippen LogP contribution is -2.32. The summed E-state index contributed by atoms with van der Waals surface area (Å²) in [5.41, 5.74) is 11.1. The van der Waals surface area contributed by atoms with Crippen LogP contribution in [0.4, 0.5) is 16.2 Å². The van der Waals surface area contributed by atoms with Crippen LogP contribution in [0.25, 0.3) is 22.2 Å². The molecule has 2 aromatic carbocycles. The van der Waals surface area contributed by atoms with Crippen LogP contribution in [0.5, 0.6) is 5.75 Å². The zero-order valence-electron chi connectivity index (χ0n) is 16.4. The molecule has 0 atom stereocenters. The quantitative estimate of drug-likeness (QED) is 0.700. The van der Waals surface area contributed by atoms with Crippen molar-refractivity contribution in [1.82, 2.24) is 9.47 Å². The first-order valence-electron chi connectivity index (χ1n) is 9.74. The third-order valence-corrected chi connectivity index (χ3v) is 5.43. The Hall–Kier alpha value is -3.15. The molecule has 1 aliphatic heterocycles. The van der Waals surface area contributed by atoms with Gasteiger partial charge < -0.3 is 25.3 Å². The number of aromatic nitrogens is 1. The molecule has 6 heteroatoms. The summed E-state index contributed by atoms with van der Waals surface area (Å²) in [6.07, 6.45) is 2.16. The second kappa shape index (κ2) is 7.46. The second-order valence-electron chi connectivity index (χ2n) is 7.09. The Morgan fingerprint density at radius 2 is 1.86 bits per heavy atom. The molecule has 2 amide bonds. The third kappa shape index (κ3) is 3.15. The number of hydrogen-bond donors (Lipinski definition) is 2. The monoisotopic (exact) mass is 378 g/mol. The molecule has 0 bridgehead atoms. The van der Waals surface area contributed by atoms with Crippen molar-refractivity contribution in [2.24, 2.45) is 0 Å². The van der Waals surface area contributed by atoms with Crippen LogP contribution >= 0.6 is 0 Å². The molecule has 3 N–H and O–H groups in total. The summed E-state index contributed by atoms with van der Waals surface area (Å²) in [7, 11) is 1.67. The first-order chi connectivity index (χ1) is 13.6. The summed E-state index contributed by atoms with van der Waals surface area (Å²) in [4.78, 5) is 14.1. The molecule has 0 aliphatic carbocycles. The molecule has 1 aromatic heterocycles. The maximum Gasteiger partial charge on any atom is 0.321 e. The molecule has 1 saturated heterocycles. The lowest BCUT2D eigenvalue weighted by molar-refractivity contribution is 0.222. The number of methoxy groups -OCH3 is 1. The van der Waals surface area contributed by atoms with Gasteiger partial charge in [0.1, 0.15) is 5.75 Å². The number of benzene rings is 2. The standard InChI is InChI=1S/C22H26N4O2/c1-3-26-19-14-17(28-2)10-11-18(19)20(23)21(26)15-6-8-16(9-7-15)24-22(27)25-12-4-5-13-25/h6-11,14H,3-5,12-13,23H2,1-2H3,(H,24,27). The van der Waals surface area contributed by atoms with E-state index in [1.54, 1.807) is 7.11 Å². The van der Waals surface area contributed by atoms with Gasteiger partial charge in [0.2, 0.25) is 0 Å². The lowest BCUT2D eigenvalue weighted by Gasteiger charge is -2.16. The fourth-order valence-electron chi connectivity index (χ4n) is 3.96. The first-order valence-corrected chi connectivity index (χ1v) is 9.74. The number of nitrogens with one attached hydrogen (secondary N) is 1. The predicted molar refractivity (Wildman–Crippen MR) is 114 cm³/mol. The SMILES string of the molecule is CCn1c(-c2ccc(NC(=O)N3CCCC3)cc2)c(N)c2ccc(OC)cc21. The predicted octanol–water partition coefficient (Wildman–Crippen LogP) is 4.55. The van der Waals surface area contributed by atoms with E-state index in [2.05, 4.69) is 16.8 Å². The lowest BCUT2D eigenvalue weighted by atomic mass is 10.1. The van der Waals surface area contributed by atoms with Crippen LogP contribution in [0.1, 0.15) is 19.8 Å². The fourth-order valence-corrected chi connectivity index (χ4v) is 3.96. The fraction of sp³-hybridized carbons (Fsp3) is 0.318. The zero-order valence-corrected chi connectivity index (χ0v) is 16.4. The second-order valence-corrected chi connectivity index (χ2v) is 7.09. The highest BCUT2D eigenvalue weighted by Crippen LogP contribution is 2.38. The van der Waals surface area contributed by atoms with Crippen LogP contribution in [-0.4, -0.2) is 35.7 Å². The summed E-state index contributed by atoms with van der Waals surface area (Å²) >= 11 is 0. The number of ether oxygens (including phenoxy) is 1.